The molecule has 0 aromatic heterocycles. The van der Waals surface area contributed by atoms with Crippen molar-refractivity contribution in [3.8, 4) is 0 Å². The van der Waals surface area contributed by atoms with Crippen molar-refractivity contribution < 1.29 is 29.9 Å². The zero-order valence-corrected chi connectivity index (χ0v) is 13.7. The predicted molar refractivity (Wildman–Crippen MR) is 81.4 cm³/mol. The molecule has 6 heteroatoms. The first-order valence-electron chi connectivity index (χ1n) is 7.82. The van der Waals surface area contributed by atoms with Gasteiger partial charge < -0.3 is 29.9 Å². The number of rotatable bonds is 9. The highest BCUT2D eigenvalue weighted by Crippen LogP contribution is 2.31. The third-order valence-corrected chi connectivity index (χ3v) is 2.94. The standard InChI is InChI=1S/C9H20O4.C5H10.CH4O2/c1-3-5-9(11)13-7-12-6-8(10)4-2;1-2-5-3-4-5;2-1-3/h8-11H,3-7H2,1-2H3;5H,2-4H2,1H3;2-3H,1H2. The minimum atomic E-state index is -0.750. The zero-order chi connectivity index (χ0) is 16.5. The molecule has 4 N–H and O–H groups in total. The maximum Gasteiger partial charge on any atom is 0.157 e. The van der Waals surface area contributed by atoms with E-state index in [1.165, 1.54) is 19.3 Å². The van der Waals surface area contributed by atoms with Gasteiger partial charge in [-0.15, -0.1) is 0 Å². The molecule has 2 atom stereocenters. The minimum Gasteiger partial charge on any atom is -0.391 e. The molecule has 1 aliphatic rings. The highest BCUT2D eigenvalue weighted by Gasteiger charge is 2.17. The first kappa shape index (κ1) is 23.0. The molecular weight excluding hydrogens is 276 g/mol. The van der Waals surface area contributed by atoms with Crippen molar-refractivity contribution in [2.45, 2.75) is 71.7 Å². The smallest absolute Gasteiger partial charge is 0.157 e. The van der Waals surface area contributed by atoms with Crippen molar-refractivity contribution in [2.24, 2.45) is 5.92 Å². The van der Waals surface area contributed by atoms with Gasteiger partial charge in [0.1, 0.15) is 13.6 Å². The number of aliphatic hydroxyl groups is 4. The lowest BCUT2D eigenvalue weighted by atomic mass is 10.3. The molecule has 0 amide bonds. The molecule has 0 heterocycles. The maximum absolute atomic E-state index is 9.11. The molecule has 21 heavy (non-hydrogen) atoms. The van der Waals surface area contributed by atoms with E-state index in [1.807, 2.05) is 13.8 Å². The van der Waals surface area contributed by atoms with E-state index >= 15 is 0 Å². The molecule has 0 aromatic rings. The molecule has 0 aliphatic heterocycles. The van der Waals surface area contributed by atoms with E-state index in [1.54, 1.807) is 0 Å². The van der Waals surface area contributed by atoms with Crippen LogP contribution in [0.5, 0.6) is 0 Å². The SMILES string of the molecule is CCC1CC1.CCCC(O)OCOCC(O)CC.OCO. The molecule has 2 unspecified atom stereocenters. The normalized spacial score (nSPS) is 16.1. The molecule has 0 spiro atoms. The van der Waals surface area contributed by atoms with E-state index < -0.39 is 19.2 Å². The molecule has 0 bridgehead atoms. The molecule has 130 valence electrons. The van der Waals surface area contributed by atoms with Gasteiger partial charge in [0, 0.05) is 0 Å². The highest BCUT2D eigenvalue weighted by molar-refractivity contribution is 4.69. The van der Waals surface area contributed by atoms with Crippen molar-refractivity contribution in [2.75, 3.05) is 20.2 Å². The summed E-state index contributed by atoms with van der Waals surface area (Å²) in [7, 11) is 0. The Kier molecular flexibility index (Phi) is 19.5. The third-order valence-electron chi connectivity index (χ3n) is 2.94. The summed E-state index contributed by atoms with van der Waals surface area (Å²) in [5.74, 6) is 1.13. The molecule has 1 saturated carbocycles. The van der Waals surface area contributed by atoms with Crippen molar-refractivity contribution in [3.05, 3.63) is 0 Å². The predicted octanol–water partition coefficient (Wildman–Crippen LogP) is 1.60. The Morgan fingerprint density at radius 1 is 1.10 bits per heavy atom. The third kappa shape index (κ3) is 22.2. The molecule has 0 aromatic carbocycles. The van der Waals surface area contributed by atoms with E-state index in [-0.39, 0.29) is 13.4 Å². The Morgan fingerprint density at radius 3 is 2.00 bits per heavy atom. The van der Waals surface area contributed by atoms with E-state index in [9.17, 15) is 0 Å². The van der Waals surface area contributed by atoms with Crippen molar-refractivity contribution in [3.63, 3.8) is 0 Å². The van der Waals surface area contributed by atoms with E-state index in [0.29, 0.717) is 12.8 Å². The van der Waals surface area contributed by atoms with Gasteiger partial charge in [0.2, 0.25) is 0 Å². The Labute approximate surface area is 128 Å². The van der Waals surface area contributed by atoms with Crippen LogP contribution in [0.1, 0.15) is 59.3 Å². The Morgan fingerprint density at radius 2 is 1.67 bits per heavy atom. The van der Waals surface area contributed by atoms with Gasteiger partial charge in [-0.05, 0) is 18.8 Å². The van der Waals surface area contributed by atoms with Crippen LogP contribution < -0.4 is 0 Å². The average Bonchev–Trinajstić information content (AvgIpc) is 3.29. The quantitative estimate of drug-likeness (QED) is 0.381. The van der Waals surface area contributed by atoms with Gasteiger partial charge in [-0.2, -0.15) is 0 Å². The highest BCUT2D eigenvalue weighted by atomic mass is 16.7. The second-order valence-electron chi connectivity index (χ2n) is 4.95. The Bertz CT molecular complexity index is 187. The molecule has 0 saturated heterocycles. The second-order valence-corrected chi connectivity index (χ2v) is 4.95. The molecule has 0 radical (unpaired) electrons. The fraction of sp³-hybridized carbons (Fsp3) is 1.00. The Hall–Kier alpha value is -0.240. The summed E-state index contributed by atoms with van der Waals surface area (Å²) >= 11 is 0. The van der Waals surface area contributed by atoms with Gasteiger partial charge in [0.25, 0.3) is 0 Å². The van der Waals surface area contributed by atoms with Gasteiger partial charge in [0.05, 0.1) is 12.7 Å². The molecule has 1 aliphatic carbocycles. The number of hydrogen-bond acceptors (Lipinski definition) is 6. The van der Waals surface area contributed by atoms with E-state index in [0.717, 1.165) is 12.3 Å². The summed E-state index contributed by atoms with van der Waals surface area (Å²) in [6.45, 7) is 5.65. The van der Waals surface area contributed by atoms with Crippen LogP contribution in [0.2, 0.25) is 0 Å². The molecular formula is C15H34O6. The lowest BCUT2D eigenvalue weighted by Crippen LogP contribution is -2.18. The molecule has 6 nitrogen and oxygen atoms in total. The monoisotopic (exact) mass is 310 g/mol. The largest absolute Gasteiger partial charge is 0.391 e. The van der Waals surface area contributed by atoms with Gasteiger partial charge >= 0.3 is 0 Å². The summed E-state index contributed by atoms with van der Waals surface area (Å²) < 4.78 is 9.87. The van der Waals surface area contributed by atoms with Crippen LogP contribution in [0.4, 0.5) is 0 Å². The fourth-order valence-electron chi connectivity index (χ4n) is 1.29. The van der Waals surface area contributed by atoms with Gasteiger partial charge in [-0.25, -0.2) is 0 Å². The van der Waals surface area contributed by atoms with Crippen LogP contribution in [0, 0.1) is 5.92 Å². The van der Waals surface area contributed by atoms with Crippen molar-refractivity contribution >= 4 is 0 Å². The first-order valence-corrected chi connectivity index (χ1v) is 7.82. The topological polar surface area (TPSA) is 99.4 Å². The van der Waals surface area contributed by atoms with Crippen LogP contribution in [0.15, 0.2) is 0 Å². The van der Waals surface area contributed by atoms with Gasteiger partial charge in [-0.3, -0.25) is 0 Å². The maximum atomic E-state index is 9.11. The zero-order valence-electron chi connectivity index (χ0n) is 13.7. The van der Waals surface area contributed by atoms with E-state index in [2.05, 4.69) is 6.92 Å². The van der Waals surface area contributed by atoms with Crippen LogP contribution in [0.25, 0.3) is 0 Å². The second kappa shape index (κ2) is 17.8. The van der Waals surface area contributed by atoms with Gasteiger partial charge in [0.15, 0.2) is 6.29 Å². The number of ether oxygens (including phenoxy) is 2. The fourth-order valence-corrected chi connectivity index (χ4v) is 1.29. The Balaban J connectivity index is 0. The van der Waals surface area contributed by atoms with Crippen LogP contribution >= 0.6 is 0 Å². The summed E-state index contributed by atoms with van der Waals surface area (Å²) in [6.07, 6.45) is 5.40. The average molecular weight is 310 g/mol. The lowest BCUT2D eigenvalue weighted by Gasteiger charge is -2.12. The molecule has 1 rings (SSSR count). The summed E-state index contributed by atoms with van der Waals surface area (Å²) in [5, 5.41) is 32.4. The van der Waals surface area contributed by atoms with Crippen LogP contribution in [0.3, 0.4) is 0 Å². The number of aliphatic hydroxyl groups excluding tert-OH is 3. The lowest BCUT2D eigenvalue weighted by molar-refractivity contribution is -0.178. The minimum absolute atomic E-state index is 0.0399. The summed E-state index contributed by atoms with van der Waals surface area (Å²) in [6, 6.07) is 0. The first-order chi connectivity index (χ1) is 10.0. The van der Waals surface area contributed by atoms with Crippen LogP contribution in [-0.2, 0) is 9.47 Å². The summed E-state index contributed by atoms with van der Waals surface area (Å²) in [5.41, 5.74) is 0. The van der Waals surface area contributed by atoms with Crippen molar-refractivity contribution in [1.82, 2.24) is 0 Å². The van der Waals surface area contributed by atoms with Gasteiger partial charge in [-0.1, -0.05) is 46.5 Å². The molecule has 1 fully saturated rings. The summed E-state index contributed by atoms with van der Waals surface area (Å²) in [4.78, 5) is 0. The van der Waals surface area contributed by atoms with Crippen molar-refractivity contribution in [1.29, 1.82) is 0 Å². The van der Waals surface area contributed by atoms with Crippen LogP contribution in [-0.4, -0.2) is 53.0 Å². The number of hydrogen-bond donors (Lipinski definition) is 4. The van der Waals surface area contributed by atoms with E-state index in [4.69, 9.17) is 29.9 Å².